The molecular formula is C20H23NO3. The van der Waals surface area contributed by atoms with E-state index in [4.69, 9.17) is 9.47 Å². The molecule has 0 aromatic heterocycles. The molecule has 2 aromatic carbocycles. The summed E-state index contributed by atoms with van der Waals surface area (Å²) in [7, 11) is 3.18. The Labute approximate surface area is 143 Å². The summed E-state index contributed by atoms with van der Waals surface area (Å²) in [6.07, 6.45) is 1.83. The minimum Gasteiger partial charge on any atom is -0.493 e. The third-order valence-corrected chi connectivity index (χ3v) is 3.80. The molecule has 4 heteroatoms. The van der Waals surface area contributed by atoms with Gasteiger partial charge in [0.25, 0.3) is 0 Å². The number of methoxy groups -OCH3 is 2. The highest BCUT2D eigenvalue weighted by Crippen LogP contribution is 2.28. The number of carbonyl (C=O) groups excluding carboxylic acids is 1. The lowest BCUT2D eigenvalue weighted by molar-refractivity contribution is -0.118. The number of hydrogen-bond acceptors (Lipinski definition) is 3. The van der Waals surface area contributed by atoms with Gasteiger partial charge in [0.05, 0.1) is 20.3 Å². The Morgan fingerprint density at radius 2 is 1.71 bits per heavy atom. The van der Waals surface area contributed by atoms with Crippen LogP contribution in [0.5, 0.6) is 11.5 Å². The van der Waals surface area contributed by atoms with E-state index in [0.29, 0.717) is 17.1 Å². The average molecular weight is 325 g/mol. The molecule has 4 nitrogen and oxygen atoms in total. The molecule has 0 aliphatic carbocycles. The van der Waals surface area contributed by atoms with Crippen molar-refractivity contribution in [2.24, 2.45) is 0 Å². The van der Waals surface area contributed by atoms with Gasteiger partial charge in [0.1, 0.15) is 0 Å². The van der Waals surface area contributed by atoms with Crippen molar-refractivity contribution in [3.63, 3.8) is 0 Å². The Hall–Kier alpha value is -2.75. The molecule has 1 unspecified atom stereocenters. The van der Waals surface area contributed by atoms with Gasteiger partial charge >= 0.3 is 0 Å². The predicted octanol–water partition coefficient (Wildman–Crippen LogP) is 3.98. The lowest BCUT2D eigenvalue weighted by Gasteiger charge is -2.14. The molecule has 0 aliphatic rings. The SMILES string of the molecule is COc1ccc(/C=C(\C)C(=O)NC(C)c2ccccc2)cc1OC. The molecule has 1 atom stereocenters. The molecule has 0 heterocycles. The lowest BCUT2D eigenvalue weighted by Crippen LogP contribution is -2.27. The van der Waals surface area contributed by atoms with Crippen LogP contribution in [0.1, 0.15) is 31.0 Å². The molecule has 2 rings (SSSR count). The highest BCUT2D eigenvalue weighted by atomic mass is 16.5. The first-order chi connectivity index (χ1) is 11.5. The third-order valence-electron chi connectivity index (χ3n) is 3.80. The van der Waals surface area contributed by atoms with E-state index >= 15 is 0 Å². The molecule has 2 aromatic rings. The fourth-order valence-corrected chi connectivity index (χ4v) is 2.39. The Balaban J connectivity index is 2.11. The summed E-state index contributed by atoms with van der Waals surface area (Å²) in [6.45, 7) is 3.76. The van der Waals surface area contributed by atoms with Gasteiger partial charge in [0.2, 0.25) is 5.91 Å². The number of carbonyl (C=O) groups is 1. The van der Waals surface area contributed by atoms with Gasteiger partial charge in [-0.2, -0.15) is 0 Å². The minimum absolute atomic E-state index is 0.0487. The molecular weight excluding hydrogens is 302 g/mol. The highest BCUT2D eigenvalue weighted by molar-refractivity contribution is 5.97. The Morgan fingerprint density at radius 1 is 1.04 bits per heavy atom. The van der Waals surface area contributed by atoms with E-state index in [2.05, 4.69) is 5.32 Å². The lowest BCUT2D eigenvalue weighted by atomic mass is 10.1. The maximum Gasteiger partial charge on any atom is 0.247 e. The van der Waals surface area contributed by atoms with E-state index in [0.717, 1.165) is 11.1 Å². The van der Waals surface area contributed by atoms with Crippen LogP contribution in [0.15, 0.2) is 54.1 Å². The van der Waals surface area contributed by atoms with E-state index in [-0.39, 0.29) is 11.9 Å². The number of benzene rings is 2. The van der Waals surface area contributed by atoms with Crippen molar-refractivity contribution in [1.29, 1.82) is 0 Å². The fourth-order valence-electron chi connectivity index (χ4n) is 2.39. The molecule has 1 amide bonds. The van der Waals surface area contributed by atoms with Gasteiger partial charge in [-0.3, -0.25) is 4.79 Å². The van der Waals surface area contributed by atoms with Crippen molar-refractivity contribution in [1.82, 2.24) is 5.32 Å². The van der Waals surface area contributed by atoms with Crippen molar-refractivity contribution < 1.29 is 14.3 Å². The van der Waals surface area contributed by atoms with Gasteiger partial charge in [-0.15, -0.1) is 0 Å². The van der Waals surface area contributed by atoms with Crippen LogP contribution in [-0.4, -0.2) is 20.1 Å². The number of rotatable bonds is 6. The van der Waals surface area contributed by atoms with Gasteiger partial charge in [0, 0.05) is 5.57 Å². The van der Waals surface area contributed by atoms with E-state index in [1.54, 1.807) is 21.1 Å². The molecule has 24 heavy (non-hydrogen) atoms. The molecule has 0 saturated heterocycles. The van der Waals surface area contributed by atoms with Crippen LogP contribution < -0.4 is 14.8 Å². The van der Waals surface area contributed by atoms with Gasteiger partial charge in [-0.1, -0.05) is 36.4 Å². The molecule has 0 radical (unpaired) electrons. The van der Waals surface area contributed by atoms with Crippen LogP contribution >= 0.6 is 0 Å². The topological polar surface area (TPSA) is 47.6 Å². The summed E-state index contributed by atoms with van der Waals surface area (Å²) in [5.41, 5.74) is 2.59. The van der Waals surface area contributed by atoms with Crippen LogP contribution in [0, 0.1) is 0 Å². The van der Waals surface area contributed by atoms with Gasteiger partial charge in [0.15, 0.2) is 11.5 Å². The molecule has 126 valence electrons. The van der Waals surface area contributed by atoms with E-state index < -0.39 is 0 Å². The second-order valence-electron chi connectivity index (χ2n) is 5.55. The van der Waals surface area contributed by atoms with E-state index in [9.17, 15) is 4.79 Å². The standard InChI is InChI=1S/C20H23NO3/c1-14(12-16-10-11-18(23-3)19(13-16)24-4)20(22)21-15(2)17-8-6-5-7-9-17/h5-13,15H,1-4H3,(H,21,22)/b14-12+. The number of hydrogen-bond donors (Lipinski definition) is 1. The first-order valence-corrected chi connectivity index (χ1v) is 7.81. The molecule has 0 bridgehead atoms. The van der Waals surface area contributed by atoms with Crippen LogP contribution in [0.2, 0.25) is 0 Å². The zero-order chi connectivity index (χ0) is 17.5. The first-order valence-electron chi connectivity index (χ1n) is 7.81. The molecule has 0 spiro atoms. The number of ether oxygens (including phenoxy) is 2. The number of nitrogens with one attached hydrogen (secondary N) is 1. The molecule has 0 aliphatic heterocycles. The first kappa shape index (κ1) is 17.6. The van der Waals surface area contributed by atoms with Gasteiger partial charge in [-0.25, -0.2) is 0 Å². The average Bonchev–Trinajstić information content (AvgIpc) is 2.62. The summed E-state index contributed by atoms with van der Waals surface area (Å²) in [6, 6.07) is 15.4. The Bertz CT molecular complexity index is 723. The minimum atomic E-state index is -0.0962. The van der Waals surface area contributed by atoms with Crippen molar-refractivity contribution in [2.45, 2.75) is 19.9 Å². The summed E-state index contributed by atoms with van der Waals surface area (Å²) in [4.78, 5) is 12.4. The molecule has 1 N–H and O–H groups in total. The maximum atomic E-state index is 12.4. The second-order valence-corrected chi connectivity index (χ2v) is 5.55. The van der Waals surface area contributed by atoms with Crippen LogP contribution in [-0.2, 0) is 4.79 Å². The zero-order valence-electron chi connectivity index (χ0n) is 14.5. The quantitative estimate of drug-likeness (QED) is 0.817. The van der Waals surface area contributed by atoms with Crippen LogP contribution in [0.3, 0.4) is 0 Å². The monoisotopic (exact) mass is 325 g/mol. The van der Waals surface area contributed by atoms with Gasteiger partial charge in [-0.05, 0) is 43.2 Å². The van der Waals surface area contributed by atoms with Crippen LogP contribution in [0.25, 0.3) is 6.08 Å². The fraction of sp³-hybridized carbons (Fsp3) is 0.250. The van der Waals surface area contributed by atoms with E-state index in [1.807, 2.05) is 61.5 Å². The summed E-state index contributed by atoms with van der Waals surface area (Å²) < 4.78 is 10.5. The Morgan fingerprint density at radius 3 is 2.33 bits per heavy atom. The summed E-state index contributed by atoms with van der Waals surface area (Å²) in [5, 5.41) is 3.00. The molecule has 0 fully saturated rings. The molecule has 0 saturated carbocycles. The highest BCUT2D eigenvalue weighted by Gasteiger charge is 2.11. The maximum absolute atomic E-state index is 12.4. The van der Waals surface area contributed by atoms with Crippen molar-refractivity contribution in [3.05, 3.63) is 65.2 Å². The normalized spacial score (nSPS) is 12.4. The van der Waals surface area contributed by atoms with Crippen LogP contribution in [0.4, 0.5) is 0 Å². The van der Waals surface area contributed by atoms with Crippen molar-refractivity contribution in [2.75, 3.05) is 14.2 Å². The second kappa shape index (κ2) is 8.20. The summed E-state index contributed by atoms with van der Waals surface area (Å²) in [5.74, 6) is 1.20. The largest absolute Gasteiger partial charge is 0.493 e. The van der Waals surface area contributed by atoms with Crippen molar-refractivity contribution >= 4 is 12.0 Å². The predicted molar refractivity (Wildman–Crippen MR) is 96.2 cm³/mol. The summed E-state index contributed by atoms with van der Waals surface area (Å²) >= 11 is 0. The number of amides is 1. The zero-order valence-corrected chi connectivity index (χ0v) is 14.5. The third kappa shape index (κ3) is 4.38. The Kier molecular flexibility index (Phi) is 6.01. The van der Waals surface area contributed by atoms with Gasteiger partial charge < -0.3 is 14.8 Å². The smallest absolute Gasteiger partial charge is 0.247 e. The van der Waals surface area contributed by atoms with Crippen molar-refractivity contribution in [3.8, 4) is 11.5 Å². The van der Waals surface area contributed by atoms with E-state index in [1.165, 1.54) is 0 Å².